The number of carbonyl (C=O) groups excluding carboxylic acids is 1. The third kappa shape index (κ3) is 4.66. The number of anilines is 1. The number of carbonyl (C=O) groups is 1. The summed E-state index contributed by atoms with van der Waals surface area (Å²) in [7, 11) is 1.57. The zero-order chi connectivity index (χ0) is 23.4. The lowest BCUT2D eigenvalue weighted by atomic mass is 10.1. The van der Waals surface area contributed by atoms with Gasteiger partial charge in [-0.25, -0.2) is 9.18 Å². The maximum atomic E-state index is 15.1. The number of halogens is 1. The Hall–Kier alpha value is -3.62. The fourth-order valence-electron chi connectivity index (χ4n) is 3.37. The smallest absolute Gasteiger partial charge is 0.350 e. The summed E-state index contributed by atoms with van der Waals surface area (Å²) in [5, 5.41) is 16.7. The molecule has 1 heterocycles. The van der Waals surface area contributed by atoms with Crippen molar-refractivity contribution < 1.29 is 19.0 Å². The lowest BCUT2D eigenvalue weighted by Gasteiger charge is -2.18. The van der Waals surface area contributed by atoms with Crippen molar-refractivity contribution in [1.82, 2.24) is 14.3 Å². The van der Waals surface area contributed by atoms with Gasteiger partial charge in [-0.2, -0.15) is 4.68 Å². The molecule has 0 fully saturated rings. The number of hydrogen-bond donors (Lipinski definition) is 2. The molecule has 0 aliphatic rings. The van der Waals surface area contributed by atoms with Crippen LogP contribution in [0.25, 0.3) is 5.69 Å². The minimum atomic E-state index is -0.800. The van der Waals surface area contributed by atoms with E-state index in [1.807, 2.05) is 20.8 Å². The molecule has 2 aromatic carbocycles. The van der Waals surface area contributed by atoms with E-state index in [0.29, 0.717) is 12.2 Å². The van der Waals surface area contributed by atoms with Gasteiger partial charge in [0, 0.05) is 19.5 Å². The molecule has 0 spiro atoms. The van der Waals surface area contributed by atoms with E-state index in [-0.39, 0.29) is 34.5 Å². The molecule has 1 amide bonds. The highest BCUT2D eigenvalue weighted by Crippen LogP contribution is 2.29. The van der Waals surface area contributed by atoms with E-state index in [0.717, 1.165) is 23.6 Å². The van der Waals surface area contributed by atoms with E-state index in [9.17, 15) is 14.7 Å². The van der Waals surface area contributed by atoms with Gasteiger partial charge >= 0.3 is 5.69 Å². The highest BCUT2D eigenvalue weighted by atomic mass is 19.1. The van der Waals surface area contributed by atoms with Gasteiger partial charge in [0.15, 0.2) is 0 Å². The third-order valence-electron chi connectivity index (χ3n) is 5.08. The summed E-state index contributed by atoms with van der Waals surface area (Å²) in [4.78, 5) is 25.5. The number of hydrogen-bond acceptors (Lipinski definition) is 5. The van der Waals surface area contributed by atoms with Crippen LogP contribution in [0.4, 0.5) is 10.1 Å². The lowest BCUT2D eigenvalue weighted by Crippen LogP contribution is -2.24. The number of benzene rings is 2. The summed E-state index contributed by atoms with van der Waals surface area (Å²) < 4.78 is 23.4. The van der Waals surface area contributed by atoms with Crippen LogP contribution in [0.5, 0.6) is 11.5 Å². The normalized spacial score (nSPS) is 11.9. The Kier molecular flexibility index (Phi) is 6.97. The van der Waals surface area contributed by atoms with Crippen LogP contribution < -0.4 is 15.7 Å². The Bertz CT molecular complexity index is 1190. The molecule has 0 aliphatic heterocycles. The van der Waals surface area contributed by atoms with Gasteiger partial charge in [-0.3, -0.25) is 9.36 Å². The van der Waals surface area contributed by atoms with Crippen molar-refractivity contribution in [2.24, 2.45) is 7.05 Å². The van der Waals surface area contributed by atoms with Crippen molar-refractivity contribution in [2.75, 3.05) is 5.32 Å². The van der Waals surface area contributed by atoms with E-state index in [1.165, 1.54) is 22.8 Å². The molecule has 1 atom stereocenters. The van der Waals surface area contributed by atoms with E-state index in [4.69, 9.17) is 4.74 Å². The number of aromatic hydroxyl groups is 1. The van der Waals surface area contributed by atoms with Crippen LogP contribution >= 0.6 is 0 Å². The SMILES string of the molecule is CCC[C@H](C)Oc1cc(-n2nc(CC)n(C)c2=O)c(F)cc1C(=O)Nc1ccccc1O. The highest BCUT2D eigenvalue weighted by Gasteiger charge is 2.22. The Morgan fingerprint density at radius 3 is 2.62 bits per heavy atom. The largest absolute Gasteiger partial charge is 0.506 e. The van der Waals surface area contributed by atoms with Crippen LogP contribution in [-0.4, -0.2) is 31.5 Å². The second-order valence-electron chi connectivity index (χ2n) is 7.51. The first kappa shape index (κ1) is 23.1. The Morgan fingerprint density at radius 2 is 2.00 bits per heavy atom. The molecule has 8 nitrogen and oxygen atoms in total. The van der Waals surface area contributed by atoms with Crippen molar-refractivity contribution in [1.29, 1.82) is 0 Å². The standard InChI is InChI=1S/C23H27FN4O4/c1-5-9-14(3)32-20-13-18(28-23(31)27(4)21(6-2)26-28)16(24)12-15(20)22(30)25-17-10-7-8-11-19(17)29/h7-8,10-14,29H,5-6,9H2,1-4H3,(H,25,30)/t14-/m0/s1. The van der Waals surface area contributed by atoms with Crippen molar-refractivity contribution in [3.05, 3.63) is 64.1 Å². The van der Waals surface area contributed by atoms with E-state index in [1.54, 1.807) is 19.2 Å². The van der Waals surface area contributed by atoms with Crippen LogP contribution in [0, 0.1) is 5.82 Å². The maximum Gasteiger partial charge on any atom is 0.350 e. The number of nitrogens with zero attached hydrogens (tertiary/aromatic N) is 3. The fourth-order valence-corrected chi connectivity index (χ4v) is 3.37. The number of rotatable bonds is 8. The molecule has 0 unspecified atom stereocenters. The Labute approximate surface area is 185 Å². The van der Waals surface area contributed by atoms with Gasteiger partial charge in [0.1, 0.15) is 28.8 Å². The van der Waals surface area contributed by atoms with Crippen LogP contribution in [-0.2, 0) is 13.5 Å². The average Bonchev–Trinajstić information content (AvgIpc) is 3.04. The van der Waals surface area contributed by atoms with Gasteiger partial charge in [-0.1, -0.05) is 32.4 Å². The number of ether oxygens (including phenoxy) is 1. The molecule has 0 bridgehead atoms. The molecular formula is C23H27FN4O4. The van der Waals surface area contributed by atoms with E-state index in [2.05, 4.69) is 10.4 Å². The molecule has 3 aromatic rings. The first-order chi connectivity index (χ1) is 15.3. The number of phenolic OH excluding ortho intramolecular Hbond substituents is 1. The quantitative estimate of drug-likeness (QED) is 0.517. The predicted molar refractivity (Wildman–Crippen MR) is 119 cm³/mol. The summed E-state index contributed by atoms with van der Waals surface area (Å²) in [6, 6.07) is 8.56. The molecular weight excluding hydrogens is 415 g/mol. The van der Waals surface area contributed by atoms with Gasteiger partial charge < -0.3 is 15.2 Å². The third-order valence-corrected chi connectivity index (χ3v) is 5.08. The number of para-hydroxylation sites is 2. The fraction of sp³-hybridized carbons (Fsp3) is 0.348. The summed E-state index contributed by atoms with van der Waals surface area (Å²) in [5.74, 6) is -0.959. The van der Waals surface area contributed by atoms with Gasteiger partial charge in [-0.05, 0) is 31.5 Å². The van der Waals surface area contributed by atoms with Gasteiger partial charge in [0.2, 0.25) is 0 Å². The molecule has 2 N–H and O–H groups in total. The zero-order valence-electron chi connectivity index (χ0n) is 18.6. The van der Waals surface area contributed by atoms with Crippen molar-refractivity contribution in [3.63, 3.8) is 0 Å². The second kappa shape index (κ2) is 9.67. The monoisotopic (exact) mass is 442 g/mol. The van der Waals surface area contributed by atoms with Gasteiger partial charge in [-0.15, -0.1) is 5.10 Å². The molecule has 170 valence electrons. The number of phenols is 1. The molecule has 0 radical (unpaired) electrons. The molecule has 32 heavy (non-hydrogen) atoms. The maximum absolute atomic E-state index is 15.1. The topological polar surface area (TPSA) is 98.4 Å². The number of nitrogens with one attached hydrogen (secondary N) is 1. The number of aryl methyl sites for hydroxylation is 1. The summed E-state index contributed by atoms with van der Waals surface area (Å²) >= 11 is 0. The average molecular weight is 442 g/mol. The summed E-state index contributed by atoms with van der Waals surface area (Å²) in [6.07, 6.45) is 1.82. The van der Waals surface area contributed by atoms with Crippen molar-refractivity contribution >= 4 is 11.6 Å². The predicted octanol–water partition coefficient (Wildman–Crippen LogP) is 3.80. The molecule has 0 aliphatic carbocycles. The van der Waals surface area contributed by atoms with Gasteiger partial charge in [0.05, 0.1) is 17.4 Å². The van der Waals surface area contributed by atoms with E-state index < -0.39 is 17.4 Å². The highest BCUT2D eigenvalue weighted by molar-refractivity contribution is 6.07. The number of aromatic nitrogens is 3. The lowest BCUT2D eigenvalue weighted by molar-refractivity contribution is 0.101. The molecule has 1 aromatic heterocycles. The summed E-state index contributed by atoms with van der Waals surface area (Å²) in [5.41, 5.74) is -0.483. The van der Waals surface area contributed by atoms with Crippen LogP contribution in [0.15, 0.2) is 41.2 Å². The van der Waals surface area contributed by atoms with Crippen LogP contribution in [0.3, 0.4) is 0 Å². The van der Waals surface area contributed by atoms with Crippen LogP contribution in [0.2, 0.25) is 0 Å². The minimum Gasteiger partial charge on any atom is -0.506 e. The zero-order valence-corrected chi connectivity index (χ0v) is 18.6. The second-order valence-corrected chi connectivity index (χ2v) is 7.51. The Balaban J connectivity index is 2.09. The van der Waals surface area contributed by atoms with E-state index >= 15 is 4.39 Å². The molecule has 0 saturated carbocycles. The van der Waals surface area contributed by atoms with Crippen LogP contribution in [0.1, 0.15) is 49.8 Å². The molecule has 3 rings (SSSR count). The van der Waals surface area contributed by atoms with Crippen molar-refractivity contribution in [3.8, 4) is 17.2 Å². The van der Waals surface area contributed by atoms with Gasteiger partial charge in [0.25, 0.3) is 5.91 Å². The minimum absolute atomic E-state index is 0.0582. The van der Waals surface area contributed by atoms with Crippen molar-refractivity contribution in [2.45, 2.75) is 46.1 Å². The first-order valence-electron chi connectivity index (χ1n) is 10.5. The molecule has 0 saturated heterocycles. The first-order valence-corrected chi connectivity index (χ1v) is 10.5. The number of amides is 1. The molecule has 9 heteroatoms. The Morgan fingerprint density at radius 1 is 1.28 bits per heavy atom. The summed E-state index contributed by atoms with van der Waals surface area (Å²) in [6.45, 7) is 5.69.